The zero-order valence-electron chi connectivity index (χ0n) is 16.7. The van der Waals surface area contributed by atoms with E-state index in [4.69, 9.17) is 11.6 Å². The highest BCUT2D eigenvalue weighted by Crippen LogP contribution is 2.22. The molecule has 0 aliphatic rings. The number of hydrazone groups is 1. The van der Waals surface area contributed by atoms with Crippen molar-refractivity contribution in [2.24, 2.45) is 19.2 Å². The Bertz CT molecular complexity index is 1420. The molecule has 0 radical (unpaired) electrons. The molecule has 10 heteroatoms. The van der Waals surface area contributed by atoms with E-state index in [1.807, 2.05) is 18.2 Å². The predicted octanol–water partition coefficient (Wildman–Crippen LogP) is 2.72. The van der Waals surface area contributed by atoms with Gasteiger partial charge in [0.25, 0.3) is 5.56 Å². The van der Waals surface area contributed by atoms with Crippen LogP contribution in [0.1, 0.15) is 11.1 Å². The Kier molecular flexibility index (Phi) is 5.43. The molecule has 0 aliphatic carbocycles. The van der Waals surface area contributed by atoms with Crippen molar-refractivity contribution in [3.8, 4) is 0 Å². The summed E-state index contributed by atoms with van der Waals surface area (Å²) in [5, 5.41) is 4.69. The number of imidazole rings is 1. The average molecular weight is 441 g/mol. The lowest BCUT2D eigenvalue weighted by molar-refractivity contribution is 0.628. The van der Waals surface area contributed by atoms with E-state index in [1.54, 1.807) is 29.8 Å². The molecule has 0 bridgehead atoms. The van der Waals surface area contributed by atoms with Crippen LogP contribution >= 0.6 is 11.6 Å². The third-order valence-corrected chi connectivity index (χ3v) is 5.25. The summed E-state index contributed by atoms with van der Waals surface area (Å²) in [5.41, 5.74) is 3.76. The van der Waals surface area contributed by atoms with Gasteiger partial charge in [0.1, 0.15) is 5.82 Å². The minimum Gasteiger partial charge on any atom is -0.298 e. The monoisotopic (exact) mass is 440 g/mol. The molecule has 2 aromatic heterocycles. The Morgan fingerprint density at radius 2 is 1.81 bits per heavy atom. The maximum atomic E-state index is 13.1. The van der Waals surface area contributed by atoms with E-state index < -0.39 is 11.2 Å². The highest BCUT2D eigenvalue weighted by atomic mass is 35.5. The van der Waals surface area contributed by atoms with Gasteiger partial charge < -0.3 is 0 Å². The molecule has 0 saturated heterocycles. The van der Waals surface area contributed by atoms with E-state index in [0.29, 0.717) is 10.6 Å². The molecule has 31 heavy (non-hydrogen) atoms. The van der Waals surface area contributed by atoms with E-state index in [0.717, 1.165) is 10.1 Å². The topological polar surface area (TPSA) is 86.2 Å². The first-order valence-electron chi connectivity index (χ1n) is 9.31. The second-order valence-electron chi connectivity index (χ2n) is 6.91. The smallest absolute Gasteiger partial charge is 0.298 e. The molecular formula is C21H18ClFN6O2. The van der Waals surface area contributed by atoms with Gasteiger partial charge in [-0.25, -0.2) is 14.6 Å². The first-order chi connectivity index (χ1) is 14.9. The van der Waals surface area contributed by atoms with Crippen molar-refractivity contribution in [1.29, 1.82) is 0 Å². The third kappa shape index (κ3) is 3.87. The van der Waals surface area contributed by atoms with E-state index >= 15 is 0 Å². The molecule has 2 heterocycles. The molecule has 0 aliphatic heterocycles. The fourth-order valence-electron chi connectivity index (χ4n) is 3.20. The van der Waals surface area contributed by atoms with Crippen LogP contribution in [0.4, 0.5) is 10.3 Å². The SMILES string of the molecule is Cn1c(=O)c2c(nc(NN=Cc3ccc(F)cc3)n2Cc2ccccc2Cl)n(C)c1=O. The van der Waals surface area contributed by atoms with Crippen molar-refractivity contribution >= 4 is 34.9 Å². The van der Waals surface area contributed by atoms with E-state index in [2.05, 4.69) is 15.5 Å². The molecule has 1 N–H and O–H groups in total. The summed E-state index contributed by atoms with van der Waals surface area (Å²) in [5.74, 6) is -0.0880. The van der Waals surface area contributed by atoms with Gasteiger partial charge in [0.15, 0.2) is 11.2 Å². The quantitative estimate of drug-likeness (QED) is 0.382. The second-order valence-corrected chi connectivity index (χ2v) is 7.32. The van der Waals surface area contributed by atoms with Gasteiger partial charge >= 0.3 is 5.69 Å². The molecule has 2 aromatic carbocycles. The maximum absolute atomic E-state index is 13.1. The van der Waals surface area contributed by atoms with Gasteiger partial charge in [-0.05, 0) is 29.3 Å². The first kappa shape index (κ1) is 20.5. The van der Waals surface area contributed by atoms with Crippen LogP contribution in [0.15, 0.2) is 63.2 Å². The van der Waals surface area contributed by atoms with Crippen LogP contribution in [-0.4, -0.2) is 24.9 Å². The number of nitrogens with one attached hydrogen (secondary N) is 1. The zero-order chi connectivity index (χ0) is 22.1. The van der Waals surface area contributed by atoms with Gasteiger partial charge in [0.05, 0.1) is 12.8 Å². The molecular weight excluding hydrogens is 423 g/mol. The lowest BCUT2D eigenvalue weighted by Gasteiger charge is -2.10. The van der Waals surface area contributed by atoms with Gasteiger partial charge in [-0.3, -0.25) is 18.5 Å². The Morgan fingerprint density at radius 3 is 2.52 bits per heavy atom. The molecule has 0 spiro atoms. The highest BCUT2D eigenvalue weighted by Gasteiger charge is 2.19. The lowest BCUT2D eigenvalue weighted by atomic mass is 10.2. The molecule has 0 unspecified atom stereocenters. The summed E-state index contributed by atoms with van der Waals surface area (Å²) < 4.78 is 17.0. The molecule has 4 rings (SSSR count). The zero-order valence-corrected chi connectivity index (χ0v) is 17.5. The van der Waals surface area contributed by atoms with Gasteiger partial charge in [0.2, 0.25) is 5.95 Å². The van der Waals surface area contributed by atoms with Crippen molar-refractivity contribution in [2.45, 2.75) is 6.54 Å². The number of aromatic nitrogens is 4. The molecule has 158 valence electrons. The number of aryl methyl sites for hydroxylation is 1. The number of halogens is 2. The lowest BCUT2D eigenvalue weighted by Crippen LogP contribution is -2.37. The van der Waals surface area contributed by atoms with Crippen LogP contribution in [0.5, 0.6) is 0 Å². The summed E-state index contributed by atoms with van der Waals surface area (Å²) in [6, 6.07) is 13.1. The van der Waals surface area contributed by atoms with Gasteiger partial charge in [0, 0.05) is 19.1 Å². The maximum Gasteiger partial charge on any atom is 0.332 e. The van der Waals surface area contributed by atoms with E-state index in [9.17, 15) is 14.0 Å². The molecule has 8 nitrogen and oxygen atoms in total. The van der Waals surface area contributed by atoms with Crippen LogP contribution in [0.3, 0.4) is 0 Å². The number of hydrogen-bond acceptors (Lipinski definition) is 5. The Balaban J connectivity index is 1.83. The van der Waals surface area contributed by atoms with Crippen molar-refractivity contribution in [2.75, 3.05) is 5.43 Å². The van der Waals surface area contributed by atoms with Gasteiger partial charge in [-0.2, -0.15) is 10.1 Å². The number of anilines is 1. The standard InChI is InChI=1S/C21H18ClFN6O2/c1-27-18-17(19(30)28(2)21(27)31)29(12-14-5-3-4-6-16(14)22)20(25-18)26-24-11-13-7-9-15(23)10-8-13/h3-11H,12H2,1-2H3,(H,25,26). The summed E-state index contributed by atoms with van der Waals surface area (Å²) >= 11 is 6.32. The van der Waals surface area contributed by atoms with Gasteiger partial charge in [-0.1, -0.05) is 41.9 Å². The number of nitrogens with zero attached hydrogens (tertiary/aromatic N) is 5. The Hall–Kier alpha value is -3.72. The minimum atomic E-state index is -0.485. The Labute approximate surface area is 180 Å². The molecule has 0 atom stereocenters. The average Bonchev–Trinajstić information content (AvgIpc) is 3.12. The summed E-state index contributed by atoms with van der Waals surface area (Å²) in [6.07, 6.45) is 1.50. The number of fused-ring (bicyclic) bond motifs is 1. The minimum absolute atomic E-state index is 0.222. The number of hydrogen-bond donors (Lipinski definition) is 1. The summed E-state index contributed by atoms with van der Waals surface area (Å²) in [7, 11) is 2.96. The summed E-state index contributed by atoms with van der Waals surface area (Å²) in [6.45, 7) is 0.234. The van der Waals surface area contributed by atoms with Crippen molar-refractivity contribution in [3.63, 3.8) is 0 Å². The first-order valence-corrected chi connectivity index (χ1v) is 9.69. The molecule has 0 amide bonds. The summed E-state index contributed by atoms with van der Waals surface area (Å²) in [4.78, 5) is 29.7. The highest BCUT2D eigenvalue weighted by molar-refractivity contribution is 6.31. The third-order valence-electron chi connectivity index (χ3n) is 4.88. The van der Waals surface area contributed by atoms with Crippen molar-refractivity contribution < 1.29 is 4.39 Å². The molecule has 0 fully saturated rings. The Morgan fingerprint density at radius 1 is 1.10 bits per heavy atom. The van der Waals surface area contributed by atoms with Crippen LogP contribution in [0.25, 0.3) is 11.2 Å². The van der Waals surface area contributed by atoms with E-state index in [1.165, 1.54) is 30.0 Å². The van der Waals surface area contributed by atoms with Gasteiger partial charge in [-0.15, -0.1) is 0 Å². The predicted molar refractivity (Wildman–Crippen MR) is 118 cm³/mol. The molecule has 4 aromatic rings. The second kappa shape index (κ2) is 8.19. The normalized spacial score (nSPS) is 11.5. The fraction of sp³-hybridized carbons (Fsp3) is 0.143. The van der Waals surface area contributed by atoms with Crippen LogP contribution in [0, 0.1) is 5.82 Å². The van der Waals surface area contributed by atoms with Crippen LogP contribution < -0.4 is 16.7 Å². The fourth-order valence-corrected chi connectivity index (χ4v) is 3.39. The molecule has 0 saturated carbocycles. The number of rotatable bonds is 5. The largest absolute Gasteiger partial charge is 0.332 e. The van der Waals surface area contributed by atoms with E-state index in [-0.39, 0.29) is 29.5 Å². The van der Waals surface area contributed by atoms with Crippen molar-refractivity contribution in [1.82, 2.24) is 18.7 Å². The van der Waals surface area contributed by atoms with Crippen LogP contribution in [-0.2, 0) is 20.6 Å². The van der Waals surface area contributed by atoms with Crippen LogP contribution in [0.2, 0.25) is 5.02 Å². The van der Waals surface area contributed by atoms with Crippen molar-refractivity contribution in [3.05, 3.63) is 91.3 Å². The number of benzene rings is 2.